The maximum atomic E-state index is 12.9. The van der Waals surface area contributed by atoms with Crippen LogP contribution in [0.1, 0.15) is 57.6 Å². The van der Waals surface area contributed by atoms with Crippen LogP contribution >= 0.6 is 0 Å². The minimum atomic E-state index is -3.41. The summed E-state index contributed by atoms with van der Waals surface area (Å²) in [5, 5.41) is 5.56. The summed E-state index contributed by atoms with van der Waals surface area (Å²) < 4.78 is 26.6. The predicted molar refractivity (Wildman–Crippen MR) is 120 cm³/mol. The van der Waals surface area contributed by atoms with Crippen LogP contribution in [0.3, 0.4) is 0 Å². The number of imide groups is 1. The Labute approximate surface area is 189 Å². The minimum Gasteiger partial charge on any atom is -0.350 e. The van der Waals surface area contributed by atoms with Gasteiger partial charge in [0.1, 0.15) is 12.1 Å². The summed E-state index contributed by atoms with van der Waals surface area (Å²) >= 11 is 0. The van der Waals surface area contributed by atoms with Crippen molar-refractivity contribution >= 4 is 27.9 Å². The molecule has 2 fully saturated rings. The molecule has 4 amide bonds. The highest BCUT2D eigenvalue weighted by atomic mass is 32.2. The second kappa shape index (κ2) is 9.58. The van der Waals surface area contributed by atoms with E-state index in [0.29, 0.717) is 12.0 Å². The lowest BCUT2D eigenvalue weighted by Gasteiger charge is -2.36. The fraction of sp³-hybridized carbons (Fsp3) is 0.591. The van der Waals surface area contributed by atoms with Gasteiger partial charge in [-0.2, -0.15) is 0 Å². The van der Waals surface area contributed by atoms with Crippen molar-refractivity contribution in [2.24, 2.45) is 5.92 Å². The molecule has 0 bridgehead atoms. The molecule has 1 aromatic carbocycles. The van der Waals surface area contributed by atoms with Gasteiger partial charge in [-0.3, -0.25) is 14.5 Å². The lowest BCUT2D eigenvalue weighted by molar-refractivity contribution is -0.137. The first-order valence-electron chi connectivity index (χ1n) is 11.0. The number of carbonyl (C=O) groups excluding carboxylic acids is 3. The van der Waals surface area contributed by atoms with Gasteiger partial charge in [0.15, 0.2) is 0 Å². The molecule has 176 valence electrons. The molecular formula is C22H32N4O5S. The summed E-state index contributed by atoms with van der Waals surface area (Å²) in [6, 6.07) is 6.20. The fourth-order valence-corrected chi connectivity index (χ4v) is 5.85. The molecule has 32 heavy (non-hydrogen) atoms. The highest BCUT2D eigenvalue weighted by Gasteiger charge is 2.55. The summed E-state index contributed by atoms with van der Waals surface area (Å²) in [6.45, 7) is 5.38. The first kappa shape index (κ1) is 24.2. The Morgan fingerprint density at radius 3 is 2.47 bits per heavy atom. The molecular weight excluding hydrogens is 432 g/mol. The second-order valence-electron chi connectivity index (χ2n) is 9.06. The van der Waals surface area contributed by atoms with Crippen molar-refractivity contribution in [2.45, 2.75) is 70.3 Å². The van der Waals surface area contributed by atoms with Gasteiger partial charge >= 0.3 is 6.03 Å². The van der Waals surface area contributed by atoms with E-state index in [-0.39, 0.29) is 36.7 Å². The average molecular weight is 465 g/mol. The second-order valence-corrected chi connectivity index (χ2v) is 10.8. The van der Waals surface area contributed by atoms with Gasteiger partial charge in [0.25, 0.3) is 5.91 Å². The summed E-state index contributed by atoms with van der Waals surface area (Å²) in [7, 11) is -3.41. The molecule has 3 N–H and O–H groups in total. The lowest BCUT2D eigenvalue weighted by Crippen LogP contribution is -2.54. The Kier molecular flexibility index (Phi) is 7.24. The molecule has 1 saturated carbocycles. The van der Waals surface area contributed by atoms with E-state index in [1.165, 1.54) is 0 Å². The Hall–Kier alpha value is -2.46. The van der Waals surface area contributed by atoms with Crippen LogP contribution in [0.25, 0.3) is 0 Å². The van der Waals surface area contributed by atoms with Crippen molar-refractivity contribution in [3.05, 3.63) is 35.4 Å². The van der Waals surface area contributed by atoms with Crippen LogP contribution in [0.2, 0.25) is 0 Å². The van der Waals surface area contributed by atoms with Crippen LogP contribution in [0.15, 0.2) is 24.3 Å². The van der Waals surface area contributed by atoms with Crippen LogP contribution < -0.4 is 15.4 Å². The molecule has 0 unspecified atom stereocenters. The summed E-state index contributed by atoms with van der Waals surface area (Å²) in [4.78, 5) is 38.7. The zero-order chi connectivity index (χ0) is 23.5. The fourth-order valence-electron chi connectivity index (χ4n) is 4.41. The van der Waals surface area contributed by atoms with Gasteiger partial charge in [0.2, 0.25) is 15.9 Å². The minimum absolute atomic E-state index is 0.0406. The number of benzene rings is 1. The molecule has 0 radical (unpaired) electrons. The van der Waals surface area contributed by atoms with E-state index in [9.17, 15) is 22.8 Å². The van der Waals surface area contributed by atoms with Gasteiger partial charge in [-0.15, -0.1) is 0 Å². The number of sulfonamides is 1. The number of urea groups is 1. The zero-order valence-electron chi connectivity index (χ0n) is 18.8. The number of carbonyl (C=O) groups is 3. The Bertz CT molecular complexity index is 977. The van der Waals surface area contributed by atoms with E-state index in [1.807, 2.05) is 6.92 Å². The van der Waals surface area contributed by atoms with Gasteiger partial charge in [-0.1, -0.05) is 44.0 Å². The highest BCUT2D eigenvalue weighted by molar-refractivity contribution is 7.88. The van der Waals surface area contributed by atoms with E-state index >= 15 is 0 Å². The van der Waals surface area contributed by atoms with E-state index in [4.69, 9.17) is 0 Å². The molecule has 2 atom stereocenters. The first-order valence-corrected chi connectivity index (χ1v) is 12.7. The first-order chi connectivity index (χ1) is 15.0. The van der Waals surface area contributed by atoms with Gasteiger partial charge in [0, 0.05) is 12.6 Å². The normalized spacial score (nSPS) is 23.6. The molecule has 1 aliphatic carbocycles. The number of rotatable bonds is 8. The van der Waals surface area contributed by atoms with Crippen LogP contribution in [0.5, 0.6) is 0 Å². The number of hydrogen-bond donors (Lipinski definition) is 3. The average Bonchev–Trinajstić information content (AvgIpc) is 2.93. The third-order valence-corrected chi connectivity index (χ3v) is 7.63. The quantitative estimate of drug-likeness (QED) is 0.505. The standard InChI is InChI=1S/C22H32N4O5S/c1-15(2)25-32(30,31)14-18-9-7-17(8-10-18)12-23-19(27)13-26-20(28)22(24-21(26)29)11-5-4-6-16(22)3/h7-10,15-16,25H,4-6,11-14H2,1-3H3,(H,23,27)(H,24,29)/t16-,22-/m0/s1. The van der Waals surface area contributed by atoms with Crippen LogP contribution in [0, 0.1) is 5.92 Å². The third kappa shape index (κ3) is 5.47. The van der Waals surface area contributed by atoms with Crippen molar-refractivity contribution in [3.63, 3.8) is 0 Å². The van der Waals surface area contributed by atoms with Crippen molar-refractivity contribution in [1.82, 2.24) is 20.3 Å². The molecule has 2 aliphatic rings. The van der Waals surface area contributed by atoms with E-state index in [1.54, 1.807) is 38.1 Å². The number of hydrogen-bond acceptors (Lipinski definition) is 5. The number of nitrogens with one attached hydrogen (secondary N) is 3. The third-order valence-electron chi connectivity index (χ3n) is 6.09. The summed E-state index contributed by atoms with van der Waals surface area (Å²) in [5.74, 6) is -0.824. The van der Waals surface area contributed by atoms with Gasteiger partial charge in [0.05, 0.1) is 5.75 Å². The van der Waals surface area contributed by atoms with Gasteiger partial charge in [-0.25, -0.2) is 17.9 Å². The largest absolute Gasteiger partial charge is 0.350 e. The van der Waals surface area contributed by atoms with E-state index < -0.39 is 27.5 Å². The topological polar surface area (TPSA) is 125 Å². The Morgan fingerprint density at radius 2 is 1.84 bits per heavy atom. The maximum Gasteiger partial charge on any atom is 0.325 e. The van der Waals surface area contributed by atoms with E-state index in [0.717, 1.165) is 29.7 Å². The molecule has 10 heteroatoms. The molecule has 3 rings (SSSR count). The highest BCUT2D eigenvalue weighted by Crippen LogP contribution is 2.38. The molecule has 1 heterocycles. The van der Waals surface area contributed by atoms with Gasteiger partial charge < -0.3 is 10.6 Å². The van der Waals surface area contributed by atoms with Crippen LogP contribution in [-0.2, 0) is 31.9 Å². The SMILES string of the molecule is CC(C)NS(=O)(=O)Cc1ccc(CNC(=O)CN2C(=O)N[C@]3(CCCC[C@@H]3C)C2=O)cc1. The Balaban J connectivity index is 1.53. The van der Waals surface area contributed by atoms with Crippen molar-refractivity contribution in [1.29, 1.82) is 0 Å². The monoisotopic (exact) mass is 464 g/mol. The molecule has 1 aromatic rings. The van der Waals surface area contributed by atoms with Crippen molar-refractivity contribution < 1.29 is 22.8 Å². The van der Waals surface area contributed by atoms with Crippen molar-refractivity contribution in [3.8, 4) is 0 Å². The number of nitrogens with zero attached hydrogens (tertiary/aromatic N) is 1. The zero-order valence-corrected chi connectivity index (χ0v) is 19.6. The van der Waals surface area contributed by atoms with E-state index in [2.05, 4.69) is 15.4 Å². The molecule has 0 aromatic heterocycles. The van der Waals surface area contributed by atoms with Crippen LogP contribution in [-0.4, -0.2) is 49.3 Å². The van der Waals surface area contributed by atoms with Crippen molar-refractivity contribution in [2.75, 3.05) is 6.54 Å². The molecule has 1 aliphatic heterocycles. The lowest BCUT2D eigenvalue weighted by atomic mass is 9.73. The maximum absolute atomic E-state index is 12.9. The Morgan fingerprint density at radius 1 is 1.19 bits per heavy atom. The summed E-state index contributed by atoms with van der Waals surface area (Å²) in [5.41, 5.74) is 0.543. The number of amides is 4. The van der Waals surface area contributed by atoms with Crippen LogP contribution in [0.4, 0.5) is 4.79 Å². The molecule has 1 spiro atoms. The molecule has 1 saturated heterocycles. The summed E-state index contributed by atoms with van der Waals surface area (Å²) in [6.07, 6.45) is 3.38. The van der Waals surface area contributed by atoms with Gasteiger partial charge in [-0.05, 0) is 43.7 Å². The predicted octanol–water partition coefficient (Wildman–Crippen LogP) is 1.63. The molecule has 9 nitrogen and oxygen atoms in total. The smallest absolute Gasteiger partial charge is 0.325 e.